The van der Waals surface area contributed by atoms with Crippen LogP contribution in [0.15, 0.2) is 72.3 Å². The Hall–Kier alpha value is -3.68. The number of nitrogens with zero attached hydrogens (tertiary/aromatic N) is 1. The molecule has 0 bridgehead atoms. The molecule has 1 heterocycles. The van der Waals surface area contributed by atoms with Gasteiger partial charge >= 0.3 is 6.03 Å². The quantitative estimate of drug-likeness (QED) is 0.389. The summed E-state index contributed by atoms with van der Waals surface area (Å²) in [6.07, 6.45) is 1.37. The van der Waals surface area contributed by atoms with Crippen molar-refractivity contribution in [1.29, 1.82) is 0 Å². The molecule has 3 aromatic carbocycles. The summed E-state index contributed by atoms with van der Waals surface area (Å²) < 4.78 is 18.9. The molecule has 0 aromatic heterocycles. The van der Waals surface area contributed by atoms with E-state index in [1.807, 2.05) is 0 Å². The molecule has 0 saturated carbocycles. The lowest BCUT2D eigenvalue weighted by atomic mass is 10.1. The van der Waals surface area contributed by atoms with E-state index in [9.17, 15) is 18.8 Å². The predicted molar refractivity (Wildman–Crippen MR) is 123 cm³/mol. The van der Waals surface area contributed by atoms with Gasteiger partial charge in [-0.2, -0.15) is 0 Å². The van der Waals surface area contributed by atoms with E-state index in [1.165, 1.54) is 36.4 Å². The third kappa shape index (κ3) is 5.05. The molecule has 1 N–H and O–H groups in total. The number of anilines is 1. The Balaban J connectivity index is 1.53. The molecule has 1 saturated heterocycles. The van der Waals surface area contributed by atoms with Gasteiger partial charge in [-0.3, -0.25) is 14.9 Å². The highest BCUT2D eigenvalue weighted by Crippen LogP contribution is 2.29. The first-order chi connectivity index (χ1) is 15.8. The molecule has 1 aliphatic heterocycles. The Morgan fingerprint density at radius 1 is 0.939 bits per heavy atom. The van der Waals surface area contributed by atoms with Crippen LogP contribution in [0.2, 0.25) is 10.0 Å². The number of hydrogen-bond donors (Lipinski definition) is 1. The molecule has 0 atom stereocenters. The standard InChI is InChI=1S/C24H15Cl2FN2O4/c25-20-9-6-17(12-21(20)26)29-23(31)19(22(30)28-24(29)32)11-14-4-7-18(8-5-14)33-13-15-2-1-3-16(27)10-15/h1-12H,13H2,(H,28,30,32)/b19-11+. The fraction of sp³-hybridized carbons (Fsp3) is 0.0417. The summed E-state index contributed by atoms with van der Waals surface area (Å²) in [5, 5.41) is 2.56. The topological polar surface area (TPSA) is 75.7 Å². The molecule has 33 heavy (non-hydrogen) atoms. The Morgan fingerprint density at radius 2 is 1.70 bits per heavy atom. The van der Waals surface area contributed by atoms with Crippen molar-refractivity contribution < 1.29 is 23.5 Å². The van der Waals surface area contributed by atoms with E-state index in [4.69, 9.17) is 27.9 Å². The van der Waals surface area contributed by atoms with Crippen molar-refractivity contribution in [1.82, 2.24) is 5.32 Å². The minimum Gasteiger partial charge on any atom is -0.489 e. The van der Waals surface area contributed by atoms with Gasteiger partial charge in [0.25, 0.3) is 11.8 Å². The van der Waals surface area contributed by atoms with Crippen molar-refractivity contribution in [2.75, 3.05) is 4.90 Å². The molecule has 1 aliphatic rings. The number of benzene rings is 3. The van der Waals surface area contributed by atoms with Gasteiger partial charge in [0.05, 0.1) is 15.7 Å². The number of ether oxygens (including phenoxy) is 1. The first-order valence-electron chi connectivity index (χ1n) is 9.65. The van der Waals surface area contributed by atoms with Crippen LogP contribution in [-0.4, -0.2) is 17.8 Å². The Morgan fingerprint density at radius 3 is 2.39 bits per heavy atom. The number of hydrogen-bond acceptors (Lipinski definition) is 4. The monoisotopic (exact) mass is 484 g/mol. The van der Waals surface area contributed by atoms with E-state index in [0.717, 1.165) is 4.90 Å². The van der Waals surface area contributed by atoms with E-state index in [0.29, 0.717) is 16.9 Å². The molecule has 0 unspecified atom stereocenters. The highest BCUT2D eigenvalue weighted by molar-refractivity contribution is 6.43. The third-order valence-electron chi connectivity index (χ3n) is 4.75. The van der Waals surface area contributed by atoms with Gasteiger partial charge in [0, 0.05) is 0 Å². The number of halogens is 3. The second-order valence-electron chi connectivity index (χ2n) is 7.04. The van der Waals surface area contributed by atoms with Crippen LogP contribution in [0.1, 0.15) is 11.1 Å². The highest BCUT2D eigenvalue weighted by Gasteiger charge is 2.37. The van der Waals surface area contributed by atoms with Gasteiger partial charge in [0.2, 0.25) is 0 Å². The van der Waals surface area contributed by atoms with Gasteiger partial charge in [0.1, 0.15) is 23.7 Å². The van der Waals surface area contributed by atoms with E-state index in [2.05, 4.69) is 5.32 Å². The summed E-state index contributed by atoms with van der Waals surface area (Å²) in [5.41, 5.74) is 1.16. The molecule has 6 nitrogen and oxygen atoms in total. The maximum absolute atomic E-state index is 13.3. The number of imide groups is 2. The van der Waals surface area contributed by atoms with Crippen LogP contribution >= 0.6 is 23.2 Å². The van der Waals surface area contributed by atoms with E-state index >= 15 is 0 Å². The van der Waals surface area contributed by atoms with Crippen molar-refractivity contribution in [3.63, 3.8) is 0 Å². The van der Waals surface area contributed by atoms with Crippen LogP contribution in [-0.2, 0) is 16.2 Å². The number of rotatable bonds is 5. The SMILES string of the molecule is O=C1NC(=O)N(c2ccc(Cl)c(Cl)c2)C(=O)/C1=C/c1ccc(OCc2cccc(F)c2)cc1. The summed E-state index contributed by atoms with van der Waals surface area (Å²) in [6, 6.07) is 16.0. The van der Waals surface area contributed by atoms with Crippen molar-refractivity contribution >= 4 is 52.8 Å². The lowest BCUT2D eigenvalue weighted by molar-refractivity contribution is -0.122. The van der Waals surface area contributed by atoms with Crippen molar-refractivity contribution in [2.24, 2.45) is 0 Å². The smallest absolute Gasteiger partial charge is 0.335 e. The lowest BCUT2D eigenvalue weighted by Gasteiger charge is -2.26. The largest absolute Gasteiger partial charge is 0.489 e. The maximum Gasteiger partial charge on any atom is 0.335 e. The molecule has 166 valence electrons. The second kappa shape index (κ2) is 9.44. The highest BCUT2D eigenvalue weighted by atomic mass is 35.5. The zero-order valence-electron chi connectivity index (χ0n) is 16.8. The molecule has 1 fully saturated rings. The van der Waals surface area contributed by atoms with Gasteiger partial charge in [-0.15, -0.1) is 0 Å². The minimum absolute atomic E-state index is 0.158. The summed E-state index contributed by atoms with van der Waals surface area (Å²) in [4.78, 5) is 38.4. The fourth-order valence-corrected chi connectivity index (χ4v) is 3.43. The lowest BCUT2D eigenvalue weighted by Crippen LogP contribution is -2.54. The van der Waals surface area contributed by atoms with E-state index in [-0.39, 0.29) is 33.7 Å². The van der Waals surface area contributed by atoms with Gasteiger partial charge in [-0.25, -0.2) is 14.1 Å². The number of barbiturate groups is 1. The zero-order chi connectivity index (χ0) is 23.5. The predicted octanol–water partition coefficient (Wildman–Crippen LogP) is 5.38. The molecular formula is C24H15Cl2FN2O4. The molecular weight excluding hydrogens is 470 g/mol. The van der Waals surface area contributed by atoms with E-state index in [1.54, 1.807) is 36.4 Å². The molecule has 9 heteroatoms. The first kappa shape index (κ1) is 22.5. The molecule has 0 spiro atoms. The Kier molecular flexibility index (Phi) is 6.44. The summed E-state index contributed by atoms with van der Waals surface area (Å²) in [7, 11) is 0. The summed E-state index contributed by atoms with van der Waals surface area (Å²) in [5.74, 6) is -1.43. The summed E-state index contributed by atoms with van der Waals surface area (Å²) >= 11 is 11.9. The number of carbonyl (C=O) groups excluding carboxylic acids is 3. The van der Waals surface area contributed by atoms with Gasteiger partial charge in [-0.1, -0.05) is 47.5 Å². The average molecular weight is 485 g/mol. The summed E-state index contributed by atoms with van der Waals surface area (Å²) in [6.45, 7) is 0.180. The molecule has 4 rings (SSSR count). The fourth-order valence-electron chi connectivity index (χ4n) is 3.14. The number of urea groups is 1. The van der Waals surface area contributed by atoms with Gasteiger partial charge < -0.3 is 4.74 Å². The van der Waals surface area contributed by atoms with Gasteiger partial charge in [0.15, 0.2) is 0 Å². The zero-order valence-corrected chi connectivity index (χ0v) is 18.4. The molecule has 0 aliphatic carbocycles. The van der Waals surface area contributed by atoms with Crippen LogP contribution in [0.4, 0.5) is 14.9 Å². The molecule has 0 radical (unpaired) electrons. The second-order valence-corrected chi connectivity index (χ2v) is 7.86. The normalized spacial score (nSPS) is 15.1. The minimum atomic E-state index is -0.887. The van der Waals surface area contributed by atoms with Crippen molar-refractivity contribution in [2.45, 2.75) is 6.61 Å². The Labute approximate surface area is 198 Å². The number of nitrogens with one attached hydrogen (secondary N) is 1. The van der Waals surface area contributed by atoms with Gasteiger partial charge in [-0.05, 0) is 59.7 Å². The number of carbonyl (C=O) groups is 3. The third-order valence-corrected chi connectivity index (χ3v) is 5.49. The Bertz CT molecular complexity index is 1290. The van der Waals surface area contributed by atoms with E-state index < -0.39 is 17.8 Å². The molecule has 3 aromatic rings. The average Bonchev–Trinajstić information content (AvgIpc) is 2.78. The first-order valence-corrected chi connectivity index (χ1v) is 10.4. The van der Waals surface area contributed by atoms with Crippen LogP contribution in [0.25, 0.3) is 6.08 Å². The molecule has 4 amide bonds. The number of amides is 4. The van der Waals surface area contributed by atoms with Crippen LogP contribution in [0.3, 0.4) is 0 Å². The van der Waals surface area contributed by atoms with Crippen molar-refractivity contribution in [3.8, 4) is 5.75 Å². The van der Waals surface area contributed by atoms with Crippen molar-refractivity contribution in [3.05, 3.63) is 99.3 Å². The maximum atomic E-state index is 13.3. The van der Waals surface area contributed by atoms with Crippen LogP contribution < -0.4 is 15.0 Å². The van der Waals surface area contributed by atoms with Crippen LogP contribution in [0.5, 0.6) is 5.75 Å². The van der Waals surface area contributed by atoms with Crippen LogP contribution in [0, 0.1) is 5.82 Å².